The number of aromatic nitrogens is 1. The van der Waals surface area contributed by atoms with Crippen molar-refractivity contribution in [1.29, 1.82) is 0 Å². The van der Waals surface area contributed by atoms with E-state index in [4.69, 9.17) is 0 Å². The van der Waals surface area contributed by atoms with Gasteiger partial charge in [0.1, 0.15) is 5.01 Å². The highest BCUT2D eigenvalue weighted by molar-refractivity contribution is 8.00. The van der Waals surface area contributed by atoms with Crippen molar-refractivity contribution in [3.63, 3.8) is 0 Å². The van der Waals surface area contributed by atoms with Crippen LogP contribution in [-0.4, -0.2) is 33.0 Å². The largest absolute Gasteiger partial charge is 0.416 e. The van der Waals surface area contributed by atoms with E-state index in [1.54, 1.807) is 4.90 Å². The molecule has 2 heterocycles. The average molecular weight is 467 g/mol. The van der Waals surface area contributed by atoms with Crippen LogP contribution in [0, 0.1) is 10.1 Å². The van der Waals surface area contributed by atoms with Crippen LogP contribution in [0.2, 0.25) is 0 Å². The van der Waals surface area contributed by atoms with E-state index < -0.39 is 22.4 Å². The van der Waals surface area contributed by atoms with Crippen LogP contribution in [0.5, 0.6) is 0 Å². The van der Waals surface area contributed by atoms with Gasteiger partial charge in [-0.05, 0) is 37.1 Å². The molecule has 2 aromatic carbocycles. The number of nitro groups is 1. The summed E-state index contributed by atoms with van der Waals surface area (Å²) in [6.45, 7) is 0.551. The summed E-state index contributed by atoms with van der Waals surface area (Å²) in [7, 11) is 0. The number of thioether (sulfide) groups is 1. The van der Waals surface area contributed by atoms with Gasteiger partial charge in [-0.25, -0.2) is 4.98 Å². The Morgan fingerprint density at radius 1 is 1.29 bits per heavy atom. The summed E-state index contributed by atoms with van der Waals surface area (Å²) in [6.07, 6.45) is -3.09. The number of carbonyl (C=O) groups is 1. The SMILES string of the molecule is O=C(CSc1ccc(C(F)(F)F)cc1[N+](=O)[O-])N1CCCC1c1nc2ccccc2s1. The Morgan fingerprint density at radius 2 is 2.06 bits per heavy atom. The van der Waals surface area contributed by atoms with Crippen LogP contribution in [0.3, 0.4) is 0 Å². The van der Waals surface area contributed by atoms with E-state index in [2.05, 4.69) is 4.98 Å². The Kier molecular flexibility index (Phi) is 5.89. The predicted octanol–water partition coefficient (Wildman–Crippen LogP) is 5.68. The highest BCUT2D eigenvalue weighted by Crippen LogP contribution is 2.39. The number of carbonyl (C=O) groups excluding carboxylic acids is 1. The zero-order valence-corrected chi connectivity index (χ0v) is 17.6. The second kappa shape index (κ2) is 8.46. The summed E-state index contributed by atoms with van der Waals surface area (Å²) in [6, 6.07) is 9.90. The van der Waals surface area contributed by atoms with E-state index in [9.17, 15) is 28.1 Å². The van der Waals surface area contributed by atoms with Crippen LogP contribution in [0.4, 0.5) is 18.9 Å². The molecule has 0 radical (unpaired) electrons. The summed E-state index contributed by atoms with van der Waals surface area (Å²) >= 11 is 2.41. The molecule has 0 spiro atoms. The third kappa shape index (κ3) is 4.52. The van der Waals surface area contributed by atoms with Crippen molar-refractivity contribution in [2.24, 2.45) is 0 Å². The molecule has 1 saturated heterocycles. The van der Waals surface area contributed by atoms with E-state index in [0.29, 0.717) is 12.6 Å². The fourth-order valence-electron chi connectivity index (χ4n) is 3.54. The molecule has 31 heavy (non-hydrogen) atoms. The smallest absolute Gasteiger partial charge is 0.332 e. The van der Waals surface area contributed by atoms with Gasteiger partial charge in [0.25, 0.3) is 5.69 Å². The van der Waals surface area contributed by atoms with Gasteiger partial charge in [0.15, 0.2) is 0 Å². The molecule has 1 aliphatic heterocycles. The predicted molar refractivity (Wildman–Crippen MR) is 112 cm³/mol. The lowest BCUT2D eigenvalue weighted by molar-refractivity contribution is -0.388. The second-order valence-corrected chi connectivity index (χ2v) is 9.07. The maximum absolute atomic E-state index is 12.9. The zero-order chi connectivity index (χ0) is 22.2. The minimum atomic E-state index is -4.68. The van der Waals surface area contributed by atoms with Crippen LogP contribution < -0.4 is 0 Å². The Balaban J connectivity index is 1.50. The van der Waals surface area contributed by atoms with Crippen molar-refractivity contribution in [2.75, 3.05) is 12.3 Å². The number of nitrogens with zero attached hydrogens (tertiary/aromatic N) is 3. The number of alkyl halides is 3. The van der Waals surface area contributed by atoms with Crippen molar-refractivity contribution in [3.05, 3.63) is 63.1 Å². The topological polar surface area (TPSA) is 76.3 Å². The minimum Gasteiger partial charge on any atom is -0.332 e. The first-order chi connectivity index (χ1) is 14.7. The molecule has 3 aromatic rings. The van der Waals surface area contributed by atoms with Gasteiger partial charge in [-0.3, -0.25) is 14.9 Å². The lowest BCUT2D eigenvalue weighted by Crippen LogP contribution is -2.31. The molecule has 1 unspecified atom stereocenters. The summed E-state index contributed by atoms with van der Waals surface area (Å²) in [4.78, 5) is 29.6. The highest BCUT2D eigenvalue weighted by Gasteiger charge is 2.34. The molecule has 11 heteroatoms. The van der Waals surface area contributed by atoms with Gasteiger partial charge < -0.3 is 4.90 Å². The van der Waals surface area contributed by atoms with Crippen LogP contribution in [-0.2, 0) is 11.0 Å². The molecule has 1 atom stereocenters. The molecule has 1 amide bonds. The van der Waals surface area contributed by atoms with Gasteiger partial charge in [0.2, 0.25) is 5.91 Å². The Morgan fingerprint density at radius 3 is 2.77 bits per heavy atom. The molecular formula is C20H16F3N3O3S2. The van der Waals surface area contributed by atoms with Crippen molar-refractivity contribution in [1.82, 2.24) is 9.88 Å². The number of para-hydroxylation sites is 1. The molecule has 1 aromatic heterocycles. The highest BCUT2D eigenvalue weighted by atomic mass is 32.2. The van der Waals surface area contributed by atoms with Gasteiger partial charge >= 0.3 is 6.18 Å². The monoisotopic (exact) mass is 467 g/mol. The van der Waals surface area contributed by atoms with Crippen molar-refractivity contribution in [2.45, 2.75) is 30.0 Å². The average Bonchev–Trinajstić information content (AvgIpc) is 3.37. The molecular weight excluding hydrogens is 451 g/mol. The fourth-order valence-corrected chi connectivity index (χ4v) is 5.54. The van der Waals surface area contributed by atoms with Crippen LogP contribution in [0.15, 0.2) is 47.4 Å². The van der Waals surface area contributed by atoms with Crippen LogP contribution in [0.25, 0.3) is 10.2 Å². The number of fused-ring (bicyclic) bond motifs is 1. The molecule has 0 aliphatic carbocycles. The van der Waals surface area contributed by atoms with E-state index >= 15 is 0 Å². The third-order valence-corrected chi connectivity index (χ3v) is 7.19. The Bertz CT molecular complexity index is 1120. The standard InChI is InChI=1S/C20H16F3N3O3S2/c21-20(22,23)12-7-8-17(15(10-12)26(28)29)30-11-18(27)25-9-3-5-14(25)19-24-13-4-1-2-6-16(13)31-19/h1-2,4,6-8,10,14H,3,5,9,11H2. The van der Waals surface area contributed by atoms with E-state index in [1.165, 1.54) is 11.3 Å². The maximum atomic E-state index is 12.9. The van der Waals surface area contributed by atoms with Crippen molar-refractivity contribution < 1.29 is 22.9 Å². The first kappa shape index (κ1) is 21.6. The summed E-state index contributed by atoms with van der Waals surface area (Å²) in [5.74, 6) is -0.325. The van der Waals surface area contributed by atoms with Gasteiger partial charge in [-0.1, -0.05) is 12.1 Å². The first-order valence-electron chi connectivity index (χ1n) is 9.37. The van der Waals surface area contributed by atoms with Gasteiger partial charge in [-0.2, -0.15) is 13.2 Å². The fraction of sp³-hybridized carbons (Fsp3) is 0.300. The number of amides is 1. The third-order valence-electron chi connectivity index (χ3n) is 5.00. The van der Waals surface area contributed by atoms with Crippen LogP contribution >= 0.6 is 23.1 Å². The maximum Gasteiger partial charge on any atom is 0.416 e. The van der Waals surface area contributed by atoms with Crippen molar-refractivity contribution in [3.8, 4) is 0 Å². The molecule has 6 nitrogen and oxygen atoms in total. The lowest BCUT2D eigenvalue weighted by Gasteiger charge is -2.23. The van der Waals surface area contributed by atoms with Crippen molar-refractivity contribution >= 4 is 44.9 Å². The molecule has 0 saturated carbocycles. The molecule has 0 N–H and O–H groups in total. The molecule has 1 aliphatic rings. The molecule has 162 valence electrons. The minimum absolute atomic E-state index is 0.0297. The number of thiazole rings is 1. The summed E-state index contributed by atoms with van der Waals surface area (Å²) in [5, 5.41) is 12.1. The lowest BCUT2D eigenvalue weighted by atomic mass is 10.2. The Hall–Kier alpha value is -2.66. The molecule has 0 bridgehead atoms. The number of benzene rings is 2. The number of nitro benzene ring substituents is 1. The Labute approximate surface area is 183 Å². The second-order valence-electron chi connectivity index (χ2n) is 6.99. The molecule has 1 fully saturated rings. The number of rotatable bonds is 5. The quantitative estimate of drug-likeness (QED) is 0.274. The number of halogens is 3. The first-order valence-corrected chi connectivity index (χ1v) is 11.2. The number of hydrogen-bond donors (Lipinski definition) is 0. The zero-order valence-electron chi connectivity index (χ0n) is 16.0. The van der Waals surface area contributed by atoms with Gasteiger partial charge in [0.05, 0.1) is 37.4 Å². The van der Waals surface area contributed by atoms with E-state index in [1.807, 2.05) is 24.3 Å². The van der Waals surface area contributed by atoms with E-state index in [-0.39, 0.29) is 22.6 Å². The molecule has 4 rings (SSSR count). The summed E-state index contributed by atoms with van der Waals surface area (Å²) < 4.78 is 39.6. The summed E-state index contributed by atoms with van der Waals surface area (Å²) in [5.41, 5.74) is -0.876. The normalized spacial score (nSPS) is 16.7. The van der Waals surface area contributed by atoms with Crippen LogP contribution in [0.1, 0.15) is 29.5 Å². The van der Waals surface area contributed by atoms with Gasteiger partial charge in [-0.15, -0.1) is 23.1 Å². The van der Waals surface area contributed by atoms with E-state index in [0.717, 1.165) is 52.0 Å². The van der Waals surface area contributed by atoms with Gasteiger partial charge in [0, 0.05) is 12.6 Å². The number of hydrogen-bond acceptors (Lipinski definition) is 6. The number of likely N-dealkylation sites (tertiary alicyclic amines) is 1.